The molecule has 0 aliphatic carbocycles. The van der Waals surface area contributed by atoms with Crippen molar-refractivity contribution < 1.29 is 14.3 Å². The largest absolute Gasteiger partial charge is 0.466 e. The fourth-order valence-corrected chi connectivity index (χ4v) is 2.37. The summed E-state index contributed by atoms with van der Waals surface area (Å²) in [6, 6.07) is 7.99. The highest BCUT2D eigenvalue weighted by Gasteiger charge is 2.22. The lowest BCUT2D eigenvalue weighted by atomic mass is 10.1. The van der Waals surface area contributed by atoms with Gasteiger partial charge in [-0.25, -0.2) is 0 Å². The van der Waals surface area contributed by atoms with Crippen molar-refractivity contribution in [3.63, 3.8) is 0 Å². The van der Waals surface area contributed by atoms with E-state index in [9.17, 15) is 9.59 Å². The van der Waals surface area contributed by atoms with Gasteiger partial charge in [0.2, 0.25) is 0 Å². The van der Waals surface area contributed by atoms with Gasteiger partial charge < -0.3 is 14.5 Å². The molecule has 1 heterocycles. The molecule has 0 bridgehead atoms. The Balaban J connectivity index is 2.02. The van der Waals surface area contributed by atoms with Crippen molar-refractivity contribution in [2.45, 2.75) is 13.3 Å². The molecule has 1 aliphatic heterocycles. The lowest BCUT2D eigenvalue weighted by Gasteiger charge is -2.36. The Morgan fingerprint density at radius 1 is 1.20 bits per heavy atom. The van der Waals surface area contributed by atoms with Crippen LogP contribution in [-0.4, -0.2) is 45.0 Å². The third-order valence-corrected chi connectivity index (χ3v) is 3.35. The van der Waals surface area contributed by atoms with Gasteiger partial charge in [0.15, 0.2) is 5.78 Å². The second-order valence-corrected chi connectivity index (χ2v) is 4.85. The Labute approximate surface area is 119 Å². The Kier molecular flexibility index (Phi) is 4.61. The first-order chi connectivity index (χ1) is 9.61. The SMILES string of the molecule is CCOC(=O)CC(=O)CN1CCN(C)c2ccccc21. The fourth-order valence-electron chi connectivity index (χ4n) is 2.37. The molecule has 0 atom stereocenters. The van der Waals surface area contributed by atoms with Crippen LogP contribution in [0, 0.1) is 0 Å². The van der Waals surface area contributed by atoms with Crippen molar-refractivity contribution in [2.24, 2.45) is 0 Å². The van der Waals surface area contributed by atoms with Gasteiger partial charge in [-0.3, -0.25) is 9.59 Å². The minimum Gasteiger partial charge on any atom is -0.466 e. The van der Waals surface area contributed by atoms with Crippen LogP contribution in [0.15, 0.2) is 24.3 Å². The lowest BCUT2D eigenvalue weighted by molar-refractivity contribution is -0.145. The first-order valence-electron chi connectivity index (χ1n) is 6.84. The minimum atomic E-state index is -0.445. The molecule has 1 aromatic rings. The second kappa shape index (κ2) is 6.41. The van der Waals surface area contributed by atoms with Crippen molar-refractivity contribution in [3.8, 4) is 0 Å². The predicted molar refractivity (Wildman–Crippen MR) is 78.2 cm³/mol. The molecule has 0 amide bonds. The number of hydrogen-bond acceptors (Lipinski definition) is 5. The molecule has 0 aromatic heterocycles. The first kappa shape index (κ1) is 14.4. The first-order valence-corrected chi connectivity index (χ1v) is 6.84. The number of para-hydroxylation sites is 2. The molecular formula is C15H20N2O3. The number of nitrogens with zero attached hydrogens (tertiary/aromatic N) is 2. The molecular weight excluding hydrogens is 256 g/mol. The van der Waals surface area contributed by atoms with Gasteiger partial charge in [0.25, 0.3) is 0 Å². The van der Waals surface area contributed by atoms with Gasteiger partial charge in [-0.15, -0.1) is 0 Å². The number of fused-ring (bicyclic) bond motifs is 1. The quantitative estimate of drug-likeness (QED) is 0.602. The summed E-state index contributed by atoms with van der Waals surface area (Å²) < 4.78 is 4.80. The molecule has 5 nitrogen and oxygen atoms in total. The average Bonchev–Trinajstić information content (AvgIpc) is 2.42. The second-order valence-electron chi connectivity index (χ2n) is 4.85. The van der Waals surface area contributed by atoms with E-state index >= 15 is 0 Å². The van der Waals surface area contributed by atoms with E-state index in [-0.39, 0.29) is 18.7 Å². The molecule has 108 valence electrons. The van der Waals surface area contributed by atoms with E-state index in [4.69, 9.17) is 4.74 Å². The maximum absolute atomic E-state index is 11.9. The van der Waals surface area contributed by atoms with Crippen LogP contribution < -0.4 is 9.80 Å². The number of ketones is 1. The topological polar surface area (TPSA) is 49.9 Å². The number of hydrogen-bond donors (Lipinski definition) is 0. The molecule has 20 heavy (non-hydrogen) atoms. The molecule has 0 N–H and O–H groups in total. The summed E-state index contributed by atoms with van der Waals surface area (Å²) in [5, 5.41) is 0. The van der Waals surface area contributed by atoms with Crippen molar-refractivity contribution in [1.82, 2.24) is 0 Å². The van der Waals surface area contributed by atoms with E-state index in [2.05, 4.69) is 4.90 Å². The van der Waals surface area contributed by atoms with E-state index < -0.39 is 5.97 Å². The standard InChI is InChI=1S/C15H20N2O3/c1-3-20-15(19)10-12(18)11-17-9-8-16(2)13-6-4-5-7-14(13)17/h4-7H,3,8-11H2,1-2H3. The van der Waals surface area contributed by atoms with E-state index in [1.807, 2.05) is 36.2 Å². The van der Waals surface area contributed by atoms with Crippen molar-refractivity contribution in [3.05, 3.63) is 24.3 Å². The summed E-state index contributed by atoms with van der Waals surface area (Å²) >= 11 is 0. The predicted octanol–water partition coefficient (Wildman–Crippen LogP) is 1.47. The third kappa shape index (κ3) is 3.29. The summed E-state index contributed by atoms with van der Waals surface area (Å²) in [7, 11) is 2.04. The monoisotopic (exact) mass is 276 g/mol. The molecule has 5 heteroatoms. The van der Waals surface area contributed by atoms with E-state index in [1.165, 1.54) is 0 Å². The van der Waals surface area contributed by atoms with Gasteiger partial charge in [-0.1, -0.05) is 12.1 Å². The van der Waals surface area contributed by atoms with E-state index in [1.54, 1.807) is 6.92 Å². The number of Topliss-reactive ketones (excluding diaryl/α,β-unsaturated/α-hetero) is 1. The zero-order valence-corrected chi connectivity index (χ0v) is 12.0. The van der Waals surface area contributed by atoms with Crippen molar-refractivity contribution >= 4 is 23.1 Å². The number of ether oxygens (including phenoxy) is 1. The van der Waals surface area contributed by atoms with Gasteiger partial charge in [-0.05, 0) is 19.1 Å². The van der Waals surface area contributed by atoms with Crippen LogP contribution >= 0.6 is 0 Å². The molecule has 1 aliphatic rings. The normalized spacial score (nSPS) is 13.9. The summed E-state index contributed by atoms with van der Waals surface area (Å²) in [6.45, 7) is 3.94. The molecule has 1 aromatic carbocycles. The maximum atomic E-state index is 11.9. The molecule has 2 rings (SSSR count). The van der Waals surface area contributed by atoms with Crippen LogP contribution in [0.4, 0.5) is 11.4 Å². The average molecular weight is 276 g/mol. The summed E-state index contributed by atoms with van der Waals surface area (Å²) in [4.78, 5) is 27.4. The van der Waals surface area contributed by atoms with E-state index in [0.717, 1.165) is 24.5 Å². The Morgan fingerprint density at radius 3 is 2.60 bits per heavy atom. The van der Waals surface area contributed by atoms with Gasteiger partial charge >= 0.3 is 5.97 Å². The van der Waals surface area contributed by atoms with Crippen LogP contribution in [0.1, 0.15) is 13.3 Å². The van der Waals surface area contributed by atoms with Crippen LogP contribution in [0.5, 0.6) is 0 Å². The van der Waals surface area contributed by atoms with Gasteiger partial charge in [0.1, 0.15) is 6.42 Å². The highest BCUT2D eigenvalue weighted by molar-refractivity contribution is 5.98. The number of anilines is 2. The molecule has 0 saturated heterocycles. The highest BCUT2D eigenvalue weighted by Crippen LogP contribution is 2.31. The highest BCUT2D eigenvalue weighted by atomic mass is 16.5. The maximum Gasteiger partial charge on any atom is 0.313 e. The fraction of sp³-hybridized carbons (Fsp3) is 0.467. The molecule has 0 saturated carbocycles. The number of carbonyl (C=O) groups excluding carboxylic acids is 2. The minimum absolute atomic E-state index is 0.109. The Bertz CT molecular complexity index is 502. The number of likely N-dealkylation sites (N-methyl/N-ethyl adjacent to an activating group) is 1. The zero-order chi connectivity index (χ0) is 14.5. The lowest BCUT2D eigenvalue weighted by Crippen LogP contribution is -2.42. The van der Waals surface area contributed by atoms with Gasteiger partial charge in [0.05, 0.1) is 24.5 Å². The third-order valence-electron chi connectivity index (χ3n) is 3.35. The summed E-state index contributed by atoms with van der Waals surface area (Å²) in [5.74, 6) is -0.553. The number of rotatable bonds is 5. The number of esters is 1. The number of benzene rings is 1. The van der Waals surface area contributed by atoms with Crippen LogP contribution in [-0.2, 0) is 14.3 Å². The number of carbonyl (C=O) groups is 2. The zero-order valence-electron chi connectivity index (χ0n) is 12.0. The summed E-state index contributed by atoms with van der Waals surface area (Å²) in [5.41, 5.74) is 2.15. The Hall–Kier alpha value is -2.04. The van der Waals surface area contributed by atoms with Gasteiger partial charge in [0, 0.05) is 20.1 Å². The summed E-state index contributed by atoms with van der Waals surface area (Å²) in [6.07, 6.45) is -0.150. The smallest absolute Gasteiger partial charge is 0.313 e. The Morgan fingerprint density at radius 2 is 1.90 bits per heavy atom. The van der Waals surface area contributed by atoms with Crippen LogP contribution in [0.25, 0.3) is 0 Å². The van der Waals surface area contributed by atoms with Crippen molar-refractivity contribution in [2.75, 3.05) is 43.1 Å². The molecule has 0 fully saturated rings. The van der Waals surface area contributed by atoms with Crippen molar-refractivity contribution in [1.29, 1.82) is 0 Å². The van der Waals surface area contributed by atoms with E-state index in [0.29, 0.717) is 6.61 Å². The van der Waals surface area contributed by atoms with Crippen LogP contribution in [0.3, 0.4) is 0 Å². The van der Waals surface area contributed by atoms with Gasteiger partial charge in [-0.2, -0.15) is 0 Å². The molecule has 0 spiro atoms. The van der Waals surface area contributed by atoms with Crippen LogP contribution in [0.2, 0.25) is 0 Å². The molecule has 0 radical (unpaired) electrons. The molecule has 0 unspecified atom stereocenters.